The van der Waals surface area contributed by atoms with Crippen molar-refractivity contribution in [1.29, 1.82) is 0 Å². The number of hydrogen-bond acceptors (Lipinski definition) is 4. The molecule has 0 saturated carbocycles. The van der Waals surface area contributed by atoms with Gasteiger partial charge in [-0.05, 0) is 37.6 Å². The Balaban J connectivity index is 2.16. The fraction of sp³-hybridized carbons (Fsp3) is 0.211. The van der Waals surface area contributed by atoms with E-state index in [0.717, 1.165) is 5.56 Å². The van der Waals surface area contributed by atoms with Crippen molar-refractivity contribution in [1.82, 2.24) is 15.0 Å². The lowest BCUT2D eigenvalue weighted by Gasteiger charge is -2.28. The molecule has 25 heavy (non-hydrogen) atoms. The Morgan fingerprint density at radius 3 is 2.56 bits per heavy atom. The molecular weight excluding hydrogens is 318 g/mol. The fourth-order valence-electron chi connectivity index (χ4n) is 2.80. The molecule has 3 aromatic rings. The highest BCUT2D eigenvalue weighted by molar-refractivity contribution is 5.97. The van der Waals surface area contributed by atoms with Crippen molar-refractivity contribution in [2.24, 2.45) is 0 Å². The van der Waals surface area contributed by atoms with E-state index in [2.05, 4.69) is 15.3 Å². The molecule has 1 N–H and O–H groups in total. The average molecular weight is 337 g/mol. The van der Waals surface area contributed by atoms with Crippen LogP contribution < -0.4 is 11.0 Å². The monoisotopic (exact) mass is 337 g/mol. The molecule has 6 nitrogen and oxygen atoms in total. The van der Waals surface area contributed by atoms with E-state index in [4.69, 9.17) is 0 Å². The van der Waals surface area contributed by atoms with Crippen molar-refractivity contribution in [2.45, 2.75) is 19.4 Å². The number of carbonyl (C=O) groups excluding carboxylic acids is 1. The molecule has 0 unspecified atom stereocenters. The first-order chi connectivity index (χ1) is 11.9. The number of amides is 1. The van der Waals surface area contributed by atoms with Gasteiger partial charge in [-0.3, -0.25) is 19.0 Å². The van der Waals surface area contributed by atoms with Gasteiger partial charge in [0.25, 0.3) is 11.5 Å². The van der Waals surface area contributed by atoms with E-state index in [-0.39, 0.29) is 5.56 Å². The van der Waals surface area contributed by atoms with Crippen molar-refractivity contribution in [2.75, 3.05) is 7.11 Å². The molecule has 0 aliphatic heterocycles. The summed E-state index contributed by atoms with van der Waals surface area (Å²) in [6.45, 7) is 3.91. The lowest BCUT2D eigenvalue weighted by molar-refractivity contribution is 0.0538. The topological polar surface area (TPSA) is 73.2 Å². The second-order valence-corrected chi connectivity index (χ2v) is 6.21. The maximum atomic E-state index is 13.0. The Labute approximate surface area is 145 Å². The quantitative estimate of drug-likeness (QED) is 0.742. The molecule has 0 aliphatic rings. The molecule has 6 heteroatoms. The van der Waals surface area contributed by atoms with Crippen LogP contribution in [-0.2, 0) is 10.4 Å². The Morgan fingerprint density at radius 1 is 1.16 bits per heavy atom. The Hall–Kier alpha value is -2.99. The standard InChI is InChI=1S/C19H19N3O3/c1-19(2,14-7-5-4-6-8-14)22-12-20-16-10-9-13(17(23)21-25-3)11-15(16)18(22)24/h4-12H,1-3H3,(H,21,23). The van der Waals surface area contributed by atoms with Crippen molar-refractivity contribution in [3.63, 3.8) is 0 Å². The van der Waals surface area contributed by atoms with Crippen molar-refractivity contribution in [3.05, 3.63) is 76.3 Å². The minimum absolute atomic E-state index is 0.203. The van der Waals surface area contributed by atoms with Gasteiger partial charge in [0.2, 0.25) is 0 Å². The summed E-state index contributed by atoms with van der Waals surface area (Å²) in [6, 6.07) is 14.5. The first-order valence-electron chi connectivity index (χ1n) is 7.86. The molecule has 1 amide bonds. The van der Waals surface area contributed by atoms with Crippen LogP contribution in [0, 0.1) is 0 Å². The highest BCUT2D eigenvalue weighted by Gasteiger charge is 2.25. The number of nitrogens with one attached hydrogen (secondary N) is 1. The highest BCUT2D eigenvalue weighted by Crippen LogP contribution is 2.24. The molecule has 0 bridgehead atoms. The van der Waals surface area contributed by atoms with Gasteiger partial charge in [-0.15, -0.1) is 0 Å². The molecule has 0 atom stereocenters. The summed E-state index contributed by atoms with van der Waals surface area (Å²) < 4.78 is 1.59. The second kappa shape index (κ2) is 6.49. The van der Waals surface area contributed by atoms with Crippen molar-refractivity contribution in [3.8, 4) is 0 Å². The summed E-state index contributed by atoms with van der Waals surface area (Å²) >= 11 is 0. The van der Waals surface area contributed by atoms with Gasteiger partial charge in [0.05, 0.1) is 29.9 Å². The van der Waals surface area contributed by atoms with E-state index >= 15 is 0 Å². The molecule has 1 aromatic heterocycles. The third-order valence-corrected chi connectivity index (χ3v) is 4.30. The summed E-state index contributed by atoms with van der Waals surface area (Å²) in [7, 11) is 1.36. The number of nitrogens with zero attached hydrogens (tertiary/aromatic N) is 2. The van der Waals surface area contributed by atoms with E-state index in [9.17, 15) is 9.59 Å². The van der Waals surface area contributed by atoms with Crippen LogP contribution in [0.5, 0.6) is 0 Å². The SMILES string of the molecule is CONC(=O)c1ccc2ncn(C(C)(C)c3ccccc3)c(=O)c2c1. The number of hydroxylamine groups is 1. The van der Waals surface area contributed by atoms with Gasteiger partial charge in [-0.1, -0.05) is 30.3 Å². The zero-order valence-corrected chi connectivity index (χ0v) is 14.3. The molecule has 0 aliphatic carbocycles. The molecular formula is C19H19N3O3. The molecule has 0 spiro atoms. The number of carbonyl (C=O) groups is 1. The Bertz CT molecular complexity index is 978. The number of fused-ring (bicyclic) bond motifs is 1. The molecule has 128 valence electrons. The molecule has 0 radical (unpaired) electrons. The molecule has 1 heterocycles. The predicted molar refractivity (Wildman–Crippen MR) is 95.3 cm³/mol. The Kier molecular flexibility index (Phi) is 4.37. The lowest BCUT2D eigenvalue weighted by Crippen LogP contribution is -2.37. The van der Waals surface area contributed by atoms with Crippen LogP contribution in [0.4, 0.5) is 0 Å². The zero-order valence-electron chi connectivity index (χ0n) is 14.3. The number of hydrogen-bond donors (Lipinski definition) is 1. The molecule has 3 rings (SSSR count). The smallest absolute Gasteiger partial charge is 0.274 e. The Morgan fingerprint density at radius 2 is 1.88 bits per heavy atom. The first-order valence-corrected chi connectivity index (χ1v) is 7.86. The van der Waals surface area contributed by atoms with Crippen LogP contribution in [0.3, 0.4) is 0 Å². The van der Waals surface area contributed by atoms with Gasteiger partial charge >= 0.3 is 0 Å². The van der Waals surface area contributed by atoms with Crippen LogP contribution in [-0.4, -0.2) is 22.6 Å². The van der Waals surface area contributed by atoms with Gasteiger partial charge in [0.1, 0.15) is 0 Å². The summed E-state index contributed by atoms with van der Waals surface area (Å²) in [6.07, 6.45) is 1.55. The molecule has 0 saturated heterocycles. The zero-order chi connectivity index (χ0) is 18.0. The second-order valence-electron chi connectivity index (χ2n) is 6.21. The predicted octanol–water partition coefficient (Wildman–Crippen LogP) is 2.47. The third kappa shape index (κ3) is 3.04. The summed E-state index contributed by atoms with van der Waals surface area (Å²) in [5, 5.41) is 0.384. The summed E-state index contributed by atoms with van der Waals surface area (Å²) in [4.78, 5) is 34.0. The minimum atomic E-state index is -0.579. The normalized spacial score (nSPS) is 11.5. The van der Waals surface area contributed by atoms with E-state index in [0.29, 0.717) is 16.5 Å². The molecule has 0 fully saturated rings. The van der Waals surface area contributed by atoms with Gasteiger partial charge < -0.3 is 0 Å². The van der Waals surface area contributed by atoms with Crippen LogP contribution in [0.2, 0.25) is 0 Å². The number of rotatable bonds is 4. The fourth-order valence-corrected chi connectivity index (χ4v) is 2.80. The number of aromatic nitrogens is 2. The van der Waals surface area contributed by atoms with Crippen molar-refractivity contribution < 1.29 is 9.63 Å². The highest BCUT2D eigenvalue weighted by atomic mass is 16.6. The van der Waals surface area contributed by atoms with Crippen LogP contribution in [0.1, 0.15) is 29.8 Å². The first kappa shape index (κ1) is 16.9. The summed E-state index contributed by atoms with van der Waals surface area (Å²) in [5.74, 6) is -0.415. The van der Waals surface area contributed by atoms with Gasteiger partial charge in [0.15, 0.2) is 0 Å². The summed E-state index contributed by atoms with van der Waals surface area (Å²) in [5.41, 5.74) is 3.34. The minimum Gasteiger partial charge on any atom is -0.289 e. The van der Waals surface area contributed by atoms with E-state index in [1.54, 1.807) is 23.0 Å². The van der Waals surface area contributed by atoms with Crippen LogP contribution in [0.15, 0.2) is 59.7 Å². The van der Waals surface area contributed by atoms with E-state index in [1.165, 1.54) is 13.2 Å². The maximum absolute atomic E-state index is 13.0. The van der Waals surface area contributed by atoms with Crippen molar-refractivity contribution >= 4 is 16.8 Å². The molecule has 2 aromatic carbocycles. The van der Waals surface area contributed by atoms with Gasteiger partial charge in [-0.2, -0.15) is 0 Å². The number of benzene rings is 2. The van der Waals surface area contributed by atoms with Crippen LogP contribution >= 0.6 is 0 Å². The van der Waals surface area contributed by atoms with E-state index < -0.39 is 11.4 Å². The lowest BCUT2D eigenvalue weighted by atomic mass is 9.94. The van der Waals surface area contributed by atoms with Gasteiger partial charge in [0, 0.05) is 5.56 Å². The largest absolute Gasteiger partial charge is 0.289 e. The van der Waals surface area contributed by atoms with Gasteiger partial charge in [-0.25, -0.2) is 10.5 Å². The van der Waals surface area contributed by atoms with Crippen LogP contribution in [0.25, 0.3) is 10.9 Å². The maximum Gasteiger partial charge on any atom is 0.274 e. The van der Waals surface area contributed by atoms with E-state index in [1.807, 2.05) is 44.2 Å². The third-order valence-electron chi connectivity index (χ3n) is 4.30. The average Bonchev–Trinajstić information content (AvgIpc) is 2.62.